The van der Waals surface area contributed by atoms with Crippen LogP contribution in [0, 0.1) is 5.92 Å². The highest BCUT2D eigenvalue weighted by Crippen LogP contribution is 2.20. The molecule has 0 amide bonds. The second-order valence-electron chi connectivity index (χ2n) is 5.44. The number of benzene rings is 1. The molecule has 2 heterocycles. The van der Waals surface area contributed by atoms with Crippen LogP contribution in [0.4, 0.5) is 0 Å². The maximum Gasteiger partial charge on any atom is 0.279 e. The highest BCUT2D eigenvalue weighted by Gasteiger charge is 2.27. The molecule has 6 heteroatoms. The molecule has 1 N–H and O–H groups in total. The van der Waals surface area contributed by atoms with E-state index < -0.39 is 10.2 Å². The van der Waals surface area contributed by atoms with Gasteiger partial charge in [-0.05, 0) is 29.9 Å². The number of ether oxygens (including phenoxy) is 1. The number of hydrogen-bond donors (Lipinski definition) is 1. The van der Waals surface area contributed by atoms with E-state index in [9.17, 15) is 8.42 Å². The van der Waals surface area contributed by atoms with Crippen molar-refractivity contribution < 1.29 is 13.2 Å². The molecule has 1 aromatic carbocycles. The standard InChI is InChI=1S/C14H20N2O3S/c17-20(18,15-9-12-6-8-19-11-12)16-7-5-13-3-1-2-4-14(13)10-16/h1-4,12,15H,5-11H2. The second kappa shape index (κ2) is 5.81. The van der Waals surface area contributed by atoms with Gasteiger partial charge in [0.15, 0.2) is 0 Å². The van der Waals surface area contributed by atoms with E-state index in [0.29, 0.717) is 32.2 Å². The monoisotopic (exact) mass is 296 g/mol. The van der Waals surface area contributed by atoms with Crippen molar-refractivity contribution in [3.05, 3.63) is 35.4 Å². The third-order valence-corrected chi connectivity index (χ3v) is 5.54. The molecule has 0 radical (unpaired) electrons. The molecule has 0 aromatic heterocycles. The van der Waals surface area contributed by atoms with E-state index in [1.165, 1.54) is 9.87 Å². The van der Waals surface area contributed by atoms with Gasteiger partial charge in [-0.1, -0.05) is 24.3 Å². The first-order valence-electron chi connectivity index (χ1n) is 7.04. The van der Waals surface area contributed by atoms with Gasteiger partial charge < -0.3 is 4.74 Å². The Morgan fingerprint density at radius 1 is 1.30 bits per heavy atom. The zero-order valence-corrected chi connectivity index (χ0v) is 12.2. The predicted molar refractivity (Wildman–Crippen MR) is 76.4 cm³/mol. The van der Waals surface area contributed by atoms with E-state index in [1.807, 2.05) is 18.2 Å². The van der Waals surface area contributed by atoms with Gasteiger partial charge in [-0.2, -0.15) is 12.7 Å². The topological polar surface area (TPSA) is 58.6 Å². The summed E-state index contributed by atoms with van der Waals surface area (Å²) < 4.78 is 34.2. The molecule has 2 aliphatic rings. The fourth-order valence-electron chi connectivity index (χ4n) is 2.73. The van der Waals surface area contributed by atoms with Crippen LogP contribution in [0.25, 0.3) is 0 Å². The van der Waals surface area contributed by atoms with Gasteiger partial charge in [0, 0.05) is 26.2 Å². The third-order valence-electron chi connectivity index (χ3n) is 4.01. The molecule has 20 heavy (non-hydrogen) atoms. The second-order valence-corrected chi connectivity index (χ2v) is 7.19. The first-order chi connectivity index (χ1) is 9.65. The molecule has 2 aliphatic heterocycles. The number of nitrogens with zero attached hydrogens (tertiary/aromatic N) is 1. The van der Waals surface area contributed by atoms with Crippen LogP contribution in [0.15, 0.2) is 24.3 Å². The summed E-state index contributed by atoms with van der Waals surface area (Å²) in [7, 11) is -3.39. The van der Waals surface area contributed by atoms with Gasteiger partial charge in [0.2, 0.25) is 0 Å². The molecule has 110 valence electrons. The Hall–Kier alpha value is -0.950. The Labute approximate surface area is 120 Å². The highest BCUT2D eigenvalue weighted by molar-refractivity contribution is 7.87. The minimum atomic E-state index is -3.39. The summed E-state index contributed by atoms with van der Waals surface area (Å²) in [5.74, 6) is 0.307. The van der Waals surface area contributed by atoms with Gasteiger partial charge in [0.25, 0.3) is 10.2 Å². The van der Waals surface area contributed by atoms with E-state index in [1.54, 1.807) is 0 Å². The quantitative estimate of drug-likeness (QED) is 0.898. The van der Waals surface area contributed by atoms with Crippen molar-refractivity contribution in [3.63, 3.8) is 0 Å². The lowest BCUT2D eigenvalue weighted by Crippen LogP contribution is -2.44. The fraction of sp³-hybridized carbons (Fsp3) is 0.571. The zero-order chi connectivity index (χ0) is 14.0. The van der Waals surface area contributed by atoms with Gasteiger partial charge in [-0.3, -0.25) is 0 Å². The molecule has 0 spiro atoms. The van der Waals surface area contributed by atoms with Crippen LogP contribution >= 0.6 is 0 Å². The van der Waals surface area contributed by atoms with Crippen molar-refractivity contribution in [1.29, 1.82) is 0 Å². The molecule has 1 fully saturated rings. The molecule has 0 saturated carbocycles. The van der Waals surface area contributed by atoms with Gasteiger partial charge in [0.1, 0.15) is 0 Å². The van der Waals surface area contributed by atoms with Crippen molar-refractivity contribution in [2.24, 2.45) is 5.92 Å². The highest BCUT2D eigenvalue weighted by atomic mass is 32.2. The predicted octanol–water partition coefficient (Wildman–Crippen LogP) is 0.916. The van der Waals surface area contributed by atoms with Crippen molar-refractivity contribution in [2.75, 3.05) is 26.3 Å². The lowest BCUT2D eigenvalue weighted by Gasteiger charge is -2.28. The molecule has 5 nitrogen and oxygen atoms in total. The maximum atomic E-state index is 12.3. The molecule has 1 saturated heterocycles. The van der Waals surface area contributed by atoms with Crippen molar-refractivity contribution in [3.8, 4) is 0 Å². The Balaban J connectivity index is 1.63. The average molecular weight is 296 g/mol. The van der Waals surface area contributed by atoms with E-state index in [4.69, 9.17) is 4.74 Å². The molecular weight excluding hydrogens is 276 g/mol. The molecule has 1 atom stereocenters. The lowest BCUT2D eigenvalue weighted by atomic mass is 10.0. The smallest absolute Gasteiger partial charge is 0.279 e. The molecule has 1 unspecified atom stereocenters. The van der Waals surface area contributed by atoms with Gasteiger partial charge >= 0.3 is 0 Å². The molecule has 0 aliphatic carbocycles. The maximum absolute atomic E-state index is 12.3. The van der Waals surface area contributed by atoms with E-state index >= 15 is 0 Å². The Morgan fingerprint density at radius 2 is 2.10 bits per heavy atom. The number of nitrogens with one attached hydrogen (secondary N) is 1. The summed E-state index contributed by atoms with van der Waals surface area (Å²) in [6.07, 6.45) is 1.72. The lowest BCUT2D eigenvalue weighted by molar-refractivity contribution is 0.186. The summed E-state index contributed by atoms with van der Waals surface area (Å²) in [6.45, 7) is 2.88. The number of fused-ring (bicyclic) bond motifs is 1. The fourth-order valence-corrected chi connectivity index (χ4v) is 4.00. The van der Waals surface area contributed by atoms with Crippen molar-refractivity contribution in [1.82, 2.24) is 9.03 Å². The minimum absolute atomic E-state index is 0.307. The average Bonchev–Trinajstić information content (AvgIpc) is 2.98. The summed E-state index contributed by atoms with van der Waals surface area (Å²) in [5, 5.41) is 0. The first kappa shape index (κ1) is 14.0. The van der Waals surface area contributed by atoms with Gasteiger partial charge in [-0.25, -0.2) is 4.72 Å². The molecule has 3 rings (SSSR count). The van der Waals surface area contributed by atoms with E-state index in [-0.39, 0.29) is 0 Å². The van der Waals surface area contributed by atoms with Crippen molar-refractivity contribution >= 4 is 10.2 Å². The summed E-state index contributed by atoms with van der Waals surface area (Å²) >= 11 is 0. The Morgan fingerprint density at radius 3 is 2.85 bits per heavy atom. The molecule has 0 bridgehead atoms. The van der Waals surface area contributed by atoms with Crippen molar-refractivity contribution in [2.45, 2.75) is 19.4 Å². The van der Waals surface area contributed by atoms with Crippen LogP contribution in [0.5, 0.6) is 0 Å². The molecule has 1 aromatic rings. The summed E-state index contributed by atoms with van der Waals surface area (Å²) in [4.78, 5) is 0. The van der Waals surface area contributed by atoms with Gasteiger partial charge in [-0.15, -0.1) is 0 Å². The minimum Gasteiger partial charge on any atom is -0.381 e. The van der Waals surface area contributed by atoms with Crippen LogP contribution in [-0.4, -0.2) is 39.0 Å². The van der Waals surface area contributed by atoms with E-state index in [0.717, 1.165) is 25.0 Å². The summed E-state index contributed by atoms with van der Waals surface area (Å²) in [5.41, 5.74) is 2.36. The first-order valence-corrected chi connectivity index (χ1v) is 8.48. The normalized spacial score (nSPS) is 23.7. The number of rotatable bonds is 4. The van der Waals surface area contributed by atoms with Gasteiger partial charge in [0.05, 0.1) is 6.61 Å². The summed E-state index contributed by atoms with van der Waals surface area (Å²) in [6, 6.07) is 8.03. The molecular formula is C14H20N2O3S. The van der Waals surface area contributed by atoms with Crippen LogP contribution in [0.2, 0.25) is 0 Å². The third kappa shape index (κ3) is 3.03. The largest absolute Gasteiger partial charge is 0.381 e. The zero-order valence-electron chi connectivity index (χ0n) is 11.4. The van der Waals surface area contributed by atoms with Crippen LogP contribution in [0.3, 0.4) is 0 Å². The Bertz CT molecular complexity index is 568. The van der Waals surface area contributed by atoms with Crippen LogP contribution in [-0.2, 0) is 27.9 Å². The number of hydrogen-bond acceptors (Lipinski definition) is 3. The Kier molecular flexibility index (Phi) is 4.07. The van der Waals surface area contributed by atoms with Crippen LogP contribution < -0.4 is 4.72 Å². The van der Waals surface area contributed by atoms with Crippen LogP contribution in [0.1, 0.15) is 17.5 Å². The SMILES string of the molecule is O=S(=O)(NCC1CCOC1)N1CCc2ccccc2C1. The van der Waals surface area contributed by atoms with E-state index in [2.05, 4.69) is 10.8 Å².